The van der Waals surface area contributed by atoms with Crippen LogP contribution in [0.5, 0.6) is 5.75 Å². The molecule has 0 spiro atoms. The Balaban J connectivity index is 2.33. The van der Waals surface area contributed by atoms with Crippen molar-refractivity contribution in [2.45, 2.75) is 20.3 Å². The summed E-state index contributed by atoms with van der Waals surface area (Å²) in [7, 11) is 0. The van der Waals surface area contributed by atoms with Gasteiger partial charge in [0, 0.05) is 11.1 Å². The third-order valence-corrected chi connectivity index (χ3v) is 2.71. The summed E-state index contributed by atoms with van der Waals surface area (Å²) in [6, 6.07) is 7.93. The first kappa shape index (κ1) is 11.5. The van der Waals surface area contributed by atoms with E-state index in [1.165, 1.54) is 0 Å². The minimum Gasteiger partial charge on any atom is -0.494 e. The molecule has 0 unspecified atom stereocenters. The predicted molar refractivity (Wildman–Crippen MR) is 69.0 cm³/mol. The van der Waals surface area contributed by atoms with Gasteiger partial charge in [0.1, 0.15) is 11.6 Å². The van der Waals surface area contributed by atoms with Gasteiger partial charge in [-0.05, 0) is 37.6 Å². The summed E-state index contributed by atoms with van der Waals surface area (Å²) in [5.41, 5.74) is 8.94. The molecule has 1 heterocycles. The molecule has 0 saturated heterocycles. The quantitative estimate of drug-likeness (QED) is 0.850. The van der Waals surface area contributed by atoms with Crippen LogP contribution in [0.2, 0.25) is 0 Å². The van der Waals surface area contributed by atoms with E-state index in [0.717, 1.165) is 29.0 Å². The van der Waals surface area contributed by atoms with Crippen LogP contribution >= 0.6 is 0 Å². The van der Waals surface area contributed by atoms with Crippen LogP contribution in [-0.2, 0) is 6.42 Å². The van der Waals surface area contributed by atoms with E-state index >= 15 is 0 Å². The molecule has 0 aliphatic heterocycles. The number of aromatic amines is 1. The highest BCUT2D eigenvalue weighted by Gasteiger charge is 2.10. The number of ether oxygens (including phenoxy) is 1. The highest BCUT2D eigenvalue weighted by Crippen LogP contribution is 2.27. The highest BCUT2D eigenvalue weighted by atomic mass is 16.5. The van der Waals surface area contributed by atoms with Crippen LogP contribution in [0, 0.1) is 0 Å². The lowest BCUT2D eigenvalue weighted by atomic mass is 10.1. The summed E-state index contributed by atoms with van der Waals surface area (Å²) in [6.45, 7) is 4.72. The minimum atomic E-state index is 0.580. The maximum absolute atomic E-state index is 5.80. The number of aromatic nitrogens is 2. The topological polar surface area (TPSA) is 63.9 Å². The van der Waals surface area contributed by atoms with E-state index in [9.17, 15) is 0 Å². The molecule has 2 aromatic rings. The molecular weight excluding hydrogens is 214 g/mol. The molecule has 1 aromatic heterocycles. The van der Waals surface area contributed by atoms with Crippen molar-refractivity contribution in [3.8, 4) is 17.0 Å². The standard InChI is InChI=1S/C13H17N3O/c1-3-11-12(15-16-13(11)14)9-5-7-10(8-6-9)17-4-2/h5-8H,3-4H2,1-2H3,(H3,14,15,16). The van der Waals surface area contributed by atoms with Crippen LogP contribution in [0.4, 0.5) is 5.82 Å². The smallest absolute Gasteiger partial charge is 0.149 e. The van der Waals surface area contributed by atoms with Crippen molar-refractivity contribution in [1.82, 2.24) is 10.2 Å². The second-order valence-corrected chi connectivity index (χ2v) is 3.77. The first-order valence-corrected chi connectivity index (χ1v) is 5.82. The molecule has 90 valence electrons. The van der Waals surface area contributed by atoms with Gasteiger partial charge in [-0.25, -0.2) is 0 Å². The van der Waals surface area contributed by atoms with E-state index in [1.54, 1.807) is 0 Å². The summed E-state index contributed by atoms with van der Waals surface area (Å²) in [4.78, 5) is 0. The van der Waals surface area contributed by atoms with Gasteiger partial charge in [0.15, 0.2) is 0 Å². The van der Waals surface area contributed by atoms with Gasteiger partial charge in [-0.3, -0.25) is 5.10 Å². The van der Waals surface area contributed by atoms with Crippen molar-refractivity contribution in [1.29, 1.82) is 0 Å². The van der Waals surface area contributed by atoms with E-state index in [1.807, 2.05) is 31.2 Å². The summed E-state index contributed by atoms with van der Waals surface area (Å²) < 4.78 is 5.41. The van der Waals surface area contributed by atoms with Gasteiger partial charge in [0.05, 0.1) is 12.3 Å². The molecule has 0 aliphatic carbocycles. The number of nitrogen functional groups attached to an aromatic ring is 1. The molecule has 0 fully saturated rings. The Morgan fingerprint density at radius 2 is 1.94 bits per heavy atom. The average Bonchev–Trinajstić information content (AvgIpc) is 2.72. The average molecular weight is 231 g/mol. The zero-order valence-electron chi connectivity index (χ0n) is 10.2. The van der Waals surface area contributed by atoms with Gasteiger partial charge < -0.3 is 10.5 Å². The Bertz CT molecular complexity index is 488. The minimum absolute atomic E-state index is 0.580. The molecule has 2 rings (SSSR count). The fraction of sp³-hybridized carbons (Fsp3) is 0.308. The number of anilines is 1. The van der Waals surface area contributed by atoms with Crippen molar-refractivity contribution in [3.63, 3.8) is 0 Å². The number of nitrogens with one attached hydrogen (secondary N) is 1. The lowest BCUT2D eigenvalue weighted by molar-refractivity contribution is 0.340. The normalized spacial score (nSPS) is 10.5. The summed E-state index contributed by atoms with van der Waals surface area (Å²) in [6.07, 6.45) is 0.866. The first-order valence-electron chi connectivity index (χ1n) is 5.82. The van der Waals surface area contributed by atoms with E-state index in [-0.39, 0.29) is 0 Å². The maximum Gasteiger partial charge on any atom is 0.149 e. The Morgan fingerprint density at radius 1 is 1.24 bits per heavy atom. The molecule has 4 nitrogen and oxygen atoms in total. The molecule has 3 N–H and O–H groups in total. The fourth-order valence-corrected chi connectivity index (χ4v) is 1.86. The van der Waals surface area contributed by atoms with Crippen molar-refractivity contribution in [2.24, 2.45) is 0 Å². The van der Waals surface area contributed by atoms with Crippen LogP contribution in [0.25, 0.3) is 11.3 Å². The van der Waals surface area contributed by atoms with Crippen LogP contribution < -0.4 is 10.5 Å². The van der Waals surface area contributed by atoms with Crippen molar-refractivity contribution >= 4 is 5.82 Å². The van der Waals surface area contributed by atoms with Crippen molar-refractivity contribution in [3.05, 3.63) is 29.8 Å². The number of rotatable bonds is 4. The molecule has 4 heteroatoms. The Morgan fingerprint density at radius 3 is 2.53 bits per heavy atom. The predicted octanol–water partition coefficient (Wildman–Crippen LogP) is 2.62. The molecule has 17 heavy (non-hydrogen) atoms. The Kier molecular flexibility index (Phi) is 3.32. The van der Waals surface area contributed by atoms with E-state index in [0.29, 0.717) is 12.4 Å². The molecule has 0 atom stereocenters. The van der Waals surface area contributed by atoms with E-state index in [4.69, 9.17) is 10.5 Å². The third-order valence-electron chi connectivity index (χ3n) is 2.71. The van der Waals surface area contributed by atoms with Crippen molar-refractivity contribution < 1.29 is 4.74 Å². The van der Waals surface area contributed by atoms with E-state index in [2.05, 4.69) is 17.1 Å². The van der Waals surface area contributed by atoms with Crippen molar-refractivity contribution in [2.75, 3.05) is 12.3 Å². The van der Waals surface area contributed by atoms with Gasteiger partial charge in [0.2, 0.25) is 0 Å². The Labute approximate surface area is 101 Å². The van der Waals surface area contributed by atoms with Gasteiger partial charge in [-0.2, -0.15) is 5.10 Å². The molecular formula is C13H17N3O. The molecule has 1 aromatic carbocycles. The summed E-state index contributed by atoms with van der Waals surface area (Å²) in [5, 5.41) is 7.02. The Hall–Kier alpha value is -1.97. The molecule has 0 bridgehead atoms. The number of benzene rings is 1. The lowest BCUT2D eigenvalue weighted by Crippen LogP contribution is -1.92. The number of hydrogen-bond acceptors (Lipinski definition) is 3. The SMILES string of the molecule is CCOc1ccc(-c2[nH]nc(N)c2CC)cc1. The monoisotopic (exact) mass is 231 g/mol. The van der Waals surface area contributed by atoms with Gasteiger partial charge in [-0.1, -0.05) is 6.92 Å². The lowest BCUT2D eigenvalue weighted by Gasteiger charge is -2.05. The van der Waals surface area contributed by atoms with Crippen LogP contribution in [0.3, 0.4) is 0 Å². The molecule has 0 radical (unpaired) electrons. The third kappa shape index (κ3) is 2.25. The zero-order valence-corrected chi connectivity index (χ0v) is 10.2. The summed E-state index contributed by atoms with van der Waals surface area (Å²) >= 11 is 0. The maximum atomic E-state index is 5.80. The van der Waals surface area contributed by atoms with Crippen LogP contribution in [-0.4, -0.2) is 16.8 Å². The van der Waals surface area contributed by atoms with Gasteiger partial charge >= 0.3 is 0 Å². The van der Waals surface area contributed by atoms with Gasteiger partial charge in [0.25, 0.3) is 0 Å². The second kappa shape index (κ2) is 4.91. The largest absolute Gasteiger partial charge is 0.494 e. The highest BCUT2D eigenvalue weighted by molar-refractivity contribution is 5.68. The van der Waals surface area contributed by atoms with Crippen LogP contribution in [0.1, 0.15) is 19.4 Å². The second-order valence-electron chi connectivity index (χ2n) is 3.77. The van der Waals surface area contributed by atoms with E-state index < -0.39 is 0 Å². The number of hydrogen-bond donors (Lipinski definition) is 2. The zero-order chi connectivity index (χ0) is 12.3. The molecule has 0 saturated carbocycles. The number of H-pyrrole nitrogens is 1. The van der Waals surface area contributed by atoms with Gasteiger partial charge in [-0.15, -0.1) is 0 Å². The van der Waals surface area contributed by atoms with Crippen LogP contribution in [0.15, 0.2) is 24.3 Å². The summed E-state index contributed by atoms with van der Waals surface area (Å²) in [5.74, 6) is 1.46. The number of nitrogens with zero attached hydrogens (tertiary/aromatic N) is 1. The first-order chi connectivity index (χ1) is 8.26. The number of nitrogens with two attached hydrogens (primary N) is 1. The molecule has 0 amide bonds. The fourth-order valence-electron chi connectivity index (χ4n) is 1.86. The molecule has 0 aliphatic rings.